The largest absolute Gasteiger partial charge is 0.454 e. The van der Waals surface area contributed by atoms with Crippen molar-refractivity contribution in [2.75, 3.05) is 12.1 Å². The van der Waals surface area contributed by atoms with Crippen molar-refractivity contribution < 1.29 is 9.47 Å². The summed E-state index contributed by atoms with van der Waals surface area (Å²) in [6.07, 6.45) is 1.70. The van der Waals surface area contributed by atoms with E-state index in [1.54, 1.807) is 18.3 Å². The van der Waals surface area contributed by atoms with E-state index in [-0.39, 0.29) is 12.4 Å². The molecule has 0 unspecified atom stereocenters. The maximum atomic E-state index is 12.0. The molecule has 22 heavy (non-hydrogen) atoms. The highest BCUT2D eigenvalue weighted by Gasteiger charge is 2.13. The van der Waals surface area contributed by atoms with Crippen LogP contribution in [0.3, 0.4) is 0 Å². The zero-order chi connectivity index (χ0) is 14.9. The maximum Gasteiger partial charge on any atom is 0.259 e. The Labute approximate surface area is 125 Å². The van der Waals surface area contributed by atoms with Gasteiger partial charge in [-0.2, -0.15) is 0 Å². The fraction of sp³-hybridized carbons (Fsp3) is 0.125. The number of benzene rings is 1. The normalized spacial score (nSPS) is 12.5. The summed E-state index contributed by atoms with van der Waals surface area (Å²) in [5, 5.41) is 3.16. The van der Waals surface area contributed by atoms with Crippen molar-refractivity contribution in [3.63, 3.8) is 0 Å². The second kappa shape index (κ2) is 5.07. The van der Waals surface area contributed by atoms with E-state index in [0.29, 0.717) is 18.0 Å². The van der Waals surface area contributed by atoms with Crippen LogP contribution < -0.4 is 20.3 Å². The number of ether oxygens (including phenoxy) is 2. The number of pyridine rings is 1. The van der Waals surface area contributed by atoms with Crippen LogP contribution >= 0.6 is 0 Å². The van der Waals surface area contributed by atoms with Gasteiger partial charge in [0.1, 0.15) is 11.5 Å². The van der Waals surface area contributed by atoms with Crippen molar-refractivity contribution in [2.45, 2.75) is 6.54 Å². The molecule has 0 saturated carbocycles. The zero-order valence-electron chi connectivity index (χ0n) is 11.7. The Morgan fingerprint density at radius 1 is 1.14 bits per heavy atom. The molecule has 6 nitrogen and oxygen atoms in total. The molecule has 0 radical (unpaired) electrons. The van der Waals surface area contributed by atoms with Gasteiger partial charge in [0.15, 0.2) is 11.5 Å². The molecule has 1 aromatic carbocycles. The average molecular weight is 295 g/mol. The van der Waals surface area contributed by atoms with Crippen LogP contribution in [0.4, 0.5) is 5.82 Å². The van der Waals surface area contributed by atoms with Crippen LogP contribution in [0.25, 0.3) is 5.65 Å². The molecule has 4 rings (SSSR count). The number of fused-ring (bicyclic) bond motifs is 2. The predicted octanol–water partition coefficient (Wildman–Crippen LogP) is 2.04. The van der Waals surface area contributed by atoms with Crippen molar-refractivity contribution in [3.8, 4) is 11.5 Å². The van der Waals surface area contributed by atoms with E-state index >= 15 is 0 Å². The molecule has 1 aliphatic heterocycles. The third kappa shape index (κ3) is 2.24. The minimum Gasteiger partial charge on any atom is -0.454 e. The lowest BCUT2D eigenvalue weighted by Crippen LogP contribution is -2.15. The second-order valence-corrected chi connectivity index (χ2v) is 4.95. The molecule has 1 aliphatic rings. The van der Waals surface area contributed by atoms with E-state index in [0.717, 1.165) is 17.1 Å². The summed E-state index contributed by atoms with van der Waals surface area (Å²) < 4.78 is 12.1. The number of nitrogens with one attached hydrogen (secondary N) is 1. The number of nitrogens with zero attached hydrogens (tertiary/aromatic N) is 2. The fourth-order valence-electron chi connectivity index (χ4n) is 2.39. The number of anilines is 1. The molecule has 110 valence electrons. The molecule has 1 N–H and O–H groups in total. The van der Waals surface area contributed by atoms with Gasteiger partial charge in [-0.05, 0) is 29.8 Å². The first kappa shape index (κ1) is 12.7. The molecule has 0 fully saturated rings. The van der Waals surface area contributed by atoms with Gasteiger partial charge >= 0.3 is 0 Å². The topological polar surface area (TPSA) is 64.9 Å². The van der Waals surface area contributed by atoms with Gasteiger partial charge in [0, 0.05) is 18.8 Å². The molecular formula is C16H13N3O3. The van der Waals surface area contributed by atoms with Crippen molar-refractivity contribution in [1.29, 1.82) is 0 Å². The van der Waals surface area contributed by atoms with Gasteiger partial charge in [0.25, 0.3) is 5.56 Å². The highest BCUT2D eigenvalue weighted by Crippen LogP contribution is 2.32. The molecule has 0 aliphatic carbocycles. The maximum absolute atomic E-state index is 12.0. The van der Waals surface area contributed by atoms with Crippen molar-refractivity contribution in [3.05, 3.63) is 64.6 Å². The fourth-order valence-corrected chi connectivity index (χ4v) is 2.39. The lowest BCUT2D eigenvalue weighted by molar-refractivity contribution is 0.174. The van der Waals surface area contributed by atoms with Crippen molar-refractivity contribution in [2.24, 2.45) is 0 Å². The molecule has 0 spiro atoms. The summed E-state index contributed by atoms with van der Waals surface area (Å²) in [6.45, 7) is 0.807. The van der Waals surface area contributed by atoms with Gasteiger partial charge in [0.05, 0.1) is 0 Å². The lowest BCUT2D eigenvalue weighted by Gasteiger charge is -2.07. The van der Waals surface area contributed by atoms with Crippen LogP contribution in [-0.4, -0.2) is 16.2 Å². The van der Waals surface area contributed by atoms with E-state index in [2.05, 4.69) is 10.3 Å². The Hall–Kier alpha value is -3.02. The highest BCUT2D eigenvalue weighted by molar-refractivity contribution is 5.48. The summed E-state index contributed by atoms with van der Waals surface area (Å²) in [5.41, 5.74) is 1.53. The Bertz CT molecular complexity index is 905. The Morgan fingerprint density at radius 2 is 2.05 bits per heavy atom. The average Bonchev–Trinajstić information content (AvgIpc) is 3.00. The minimum atomic E-state index is -0.112. The molecular weight excluding hydrogens is 282 g/mol. The summed E-state index contributed by atoms with van der Waals surface area (Å²) >= 11 is 0. The lowest BCUT2D eigenvalue weighted by atomic mass is 10.2. The van der Waals surface area contributed by atoms with Crippen LogP contribution in [0, 0.1) is 0 Å². The number of rotatable bonds is 3. The van der Waals surface area contributed by atoms with Crippen LogP contribution in [-0.2, 0) is 6.54 Å². The molecule has 6 heteroatoms. The molecule has 0 amide bonds. The van der Waals surface area contributed by atoms with Crippen LogP contribution in [0.1, 0.15) is 5.56 Å². The third-order valence-electron chi connectivity index (χ3n) is 3.48. The zero-order valence-corrected chi connectivity index (χ0v) is 11.7. The molecule has 0 saturated heterocycles. The van der Waals surface area contributed by atoms with Gasteiger partial charge in [0.2, 0.25) is 6.79 Å². The van der Waals surface area contributed by atoms with E-state index < -0.39 is 0 Å². The van der Waals surface area contributed by atoms with Gasteiger partial charge in [-0.15, -0.1) is 0 Å². The van der Waals surface area contributed by atoms with Crippen LogP contribution in [0.15, 0.2) is 53.5 Å². The van der Waals surface area contributed by atoms with Gasteiger partial charge < -0.3 is 14.8 Å². The SMILES string of the molecule is O=c1cc(NCc2ccc3c(c2)OCO3)nc2ccccn12. The van der Waals surface area contributed by atoms with Crippen molar-refractivity contribution in [1.82, 2.24) is 9.38 Å². The first-order chi connectivity index (χ1) is 10.8. The monoisotopic (exact) mass is 295 g/mol. The third-order valence-corrected chi connectivity index (χ3v) is 3.48. The molecule has 0 bridgehead atoms. The standard InChI is InChI=1S/C16H13N3O3/c20-16-8-14(18-15-3-1-2-6-19(15)16)17-9-11-4-5-12-13(7-11)22-10-21-12/h1-8,17H,9-10H2. The van der Waals surface area contributed by atoms with Gasteiger partial charge in [-0.1, -0.05) is 12.1 Å². The smallest absolute Gasteiger partial charge is 0.259 e. The quantitative estimate of drug-likeness (QED) is 0.801. The van der Waals surface area contributed by atoms with E-state index in [4.69, 9.17) is 9.47 Å². The summed E-state index contributed by atoms with van der Waals surface area (Å²) in [5.74, 6) is 2.05. The Kier molecular flexibility index (Phi) is 2.93. The van der Waals surface area contributed by atoms with E-state index in [1.807, 2.05) is 24.3 Å². The first-order valence-electron chi connectivity index (χ1n) is 6.90. The summed E-state index contributed by atoms with van der Waals surface area (Å²) in [7, 11) is 0. The Balaban J connectivity index is 1.58. The van der Waals surface area contributed by atoms with E-state index in [9.17, 15) is 4.79 Å². The number of aromatic nitrogens is 2. The Morgan fingerprint density at radius 3 is 3.00 bits per heavy atom. The summed E-state index contributed by atoms with van der Waals surface area (Å²) in [6, 6.07) is 12.7. The van der Waals surface area contributed by atoms with Crippen LogP contribution in [0.2, 0.25) is 0 Å². The molecule has 2 aromatic heterocycles. The predicted molar refractivity (Wildman–Crippen MR) is 81.4 cm³/mol. The highest BCUT2D eigenvalue weighted by atomic mass is 16.7. The molecule has 3 aromatic rings. The first-order valence-corrected chi connectivity index (χ1v) is 6.90. The van der Waals surface area contributed by atoms with E-state index in [1.165, 1.54) is 10.5 Å². The van der Waals surface area contributed by atoms with Gasteiger partial charge in [-0.25, -0.2) is 4.98 Å². The minimum absolute atomic E-state index is 0.112. The number of hydrogen-bond acceptors (Lipinski definition) is 5. The van der Waals surface area contributed by atoms with Crippen molar-refractivity contribution >= 4 is 11.5 Å². The summed E-state index contributed by atoms with van der Waals surface area (Å²) in [4.78, 5) is 16.4. The second-order valence-electron chi connectivity index (χ2n) is 4.95. The van der Waals surface area contributed by atoms with Gasteiger partial charge in [-0.3, -0.25) is 9.20 Å². The molecule has 3 heterocycles. The molecule has 0 atom stereocenters. The number of hydrogen-bond donors (Lipinski definition) is 1. The van der Waals surface area contributed by atoms with Crippen LogP contribution in [0.5, 0.6) is 11.5 Å².